The first-order valence-corrected chi connectivity index (χ1v) is 1.21. The Hall–Kier alpha value is -0.00377. The van der Waals surface area contributed by atoms with Crippen LogP contribution in [0, 0.1) is 7.43 Å². The summed E-state index contributed by atoms with van der Waals surface area (Å²) in [5, 5.41) is 7.57. The predicted octanol–water partition coefficient (Wildman–Crippen LogP) is 0.312. The summed E-state index contributed by atoms with van der Waals surface area (Å²) in [5.74, 6) is 0. The predicted molar refractivity (Wildman–Crippen MR) is 28.3 cm³/mol. The molecule has 5 heteroatoms. The van der Waals surface area contributed by atoms with Gasteiger partial charge in [-0.1, -0.05) is 0 Å². The van der Waals surface area contributed by atoms with E-state index in [9.17, 15) is 4.79 Å². The van der Waals surface area contributed by atoms with Crippen molar-refractivity contribution in [1.82, 2.24) is 0 Å². The maximum absolute atomic E-state index is 9.25. The van der Waals surface area contributed by atoms with Crippen LogP contribution in [-0.2, 0) is 9.78 Å². The first-order chi connectivity index (χ1) is 2.77. The Morgan fingerprint density at radius 2 is 2.00 bits per heavy atom. The van der Waals surface area contributed by atoms with Gasteiger partial charge < -0.3 is 12.5 Å². The quantitative estimate of drug-likeness (QED) is 0.241. The molecule has 0 atom stereocenters. The molecule has 0 heterocycles. The van der Waals surface area contributed by atoms with E-state index >= 15 is 0 Å². The Labute approximate surface area is 63.9 Å². The van der Waals surface area contributed by atoms with Crippen LogP contribution < -0.4 is 0 Å². The molecule has 0 spiro atoms. The molecule has 0 aromatic carbocycles. The van der Waals surface area contributed by atoms with Gasteiger partial charge >= 0.3 is 29.2 Å². The molecule has 0 aliphatic carbocycles. The van der Waals surface area contributed by atoms with Crippen molar-refractivity contribution in [3.8, 4) is 0 Å². The molecule has 0 bridgehead atoms. The van der Waals surface area contributed by atoms with Crippen molar-refractivity contribution in [2.24, 2.45) is 0 Å². The standard InChI is InChI=1S/C2H4O4.CH3.Mg/c1-5-6-2(3)4;;/h1H3,(H,3,4);1H3;/q;-1;+2. The second kappa shape index (κ2) is 10.1. The Bertz CT molecular complexity index is 55.2. The second-order valence-electron chi connectivity index (χ2n) is 0.516. The Balaban J connectivity index is -0.000000125. The average Bonchev–Trinajstić information content (AvgIpc) is 1.35. The molecule has 0 aromatic heterocycles. The Morgan fingerprint density at radius 1 is 1.62 bits per heavy atom. The Morgan fingerprint density at radius 3 is 2.00 bits per heavy atom. The van der Waals surface area contributed by atoms with Gasteiger partial charge in [-0.25, -0.2) is 4.79 Å². The van der Waals surface area contributed by atoms with E-state index in [1.807, 2.05) is 0 Å². The number of rotatable bonds is 1. The van der Waals surface area contributed by atoms with Crippen molar-refractivity contribution in [2.75, 3.05) is 7.11 Å². The van der Waals surface area contributed by atoms with E-state index in [0.717, 1.165) is 7.11 Å². The van der Waals surface area contributed by atoms with Crippen LogP contribution in [0.1, 0.15) is 0 Å². The average molecular weight is 131 g/mol. The molecule has 0 fully saturated rings. The first kappa shape index (κ1) is 15.7. The van der Waals surface area contributed by atoms with Gasteiger partial charge in [0.1, 0.15) is 0 Å². The van der Waals surface area contributed by atoms with Crippen LogP contribution in [0.4, 0.5) is 4.79 Å². The summed E-state index contributed by atoms with van der Waals surface area (Å²) >= 11 is 0. The molecule has 44 valence electrons. The monoisotopic (exact) mass is 131 g/mol. The molecular formula is C3H7MgO4+. The van der Waals surface area contributed by atoms with Gasteiger partial charge in [0.2, 0.25) is 0 Å². The molecule has 0 unspecified atom stereocenters. The maximum atomic E-state index is 9.25. The summed E-state index contributed by atoms with van der Waals surface area (Å²) in [7, 11) is 1.12. The van der Waals surface area contributed by atoms with Crippen LogP contribution in [-0.4, -0.2) is 41.4 Å². The molecule has 0 rings (SSSR count). The molecule has 0 saturated carbocycles. The van der Waals surface area contributed by atoms with Gasteiger partial charge in [-0.15, -0.1) is 0 Å². The molecule has 0 aliphatic heterocycles. The number of hydrogen-bond donors (Lipinski definition) is 1. The third-order valence-corrected chi connectivity index (χ3v) is 0.155. The van der Waals surface area contributed by atoms with Gasteiger partial charge in [-0.2, -0.15) is 4.89 Å². The molecule has 4 nitrogen and oxygen atoms in total. The van der Waals surface area contributed by atoms with Crippen LogP contribution >= 0.6 is 0 Å². The van der Waals surface area contributed by atoms with E-state index in [1.54, 1.807) is 0 Å². The fourth-order valence-corrected chi connectivity index (χ4v) is 0.0713. The minimum Gasteiger partial charge on any atom is -0.448 e. The van der Waals surface area contributed by atoms with E-state index < -0.39 is 6.16 Å². The van der Waals surface area contributed by atoms with Gasteiger partial charge in [0.05, 0.1) is 7.11 Å². The minimum atomic E-state index is -1.43. The van der Waals surface area contributed by atoms with E-state index in [4.69, 9.17) is 5.11 Å². The molecule has 0 radical (unpaired) electrons. The summed E-state index contributed by atoms with van der Waals surface area (Å²) in [6, 6.07) is 0. The van der Waals surface area contributed by atoms with Crippen LogP contribution in [0.3, 0.4) is 0 Å². The molecule has 1 N–H and O–H groups in total. The van der Waals surface area contributed by atoms with Gasteiger partial charge in [0.15, 0.2) is 0 Å². The summed E-state index contributed by atoms with van der Waals surface area (Å²) in [4.78, 5) is 16.4. The molecule has 0 aromatic rings. The van der Waals surface area contributed by atoms with Gasteiger partial charge in [0.25, 0.3) is 0 Å². The fourth-order valence-electron chi connectivity index (χ4n) is 0.0713. The zero-order valence-corrected chi connectivity index (χ0v) is 6.29. The Kier molecular flexibility index (Phi) is 19.8. The molecule has 0 saturated heterocycles. The summed E-state index contributed by atoms with van der Waals surface area (Å²) in [6.45, 7) is 0. The van der Waals surface area contributed by atoms with Crippen molar-refractivity contribution < 1.29 is 19.7 Å². The zero-order chi connectivity index (χ0) is 4.99. The van der Waals surface area contributed by atoms with Crippen molar-refractivity contribution >= 4 is 29.2 Å². The van der Waals surface area contributed by atoms with E-state index in [1.165, 1.54) is 0 Å². The van der Waals surface area contributed by atoms with Gasteiger partial charge in [0, 0.05) is 0 Å². The van der Waals surface area contributed by atoms with Crippen LogP contribution in [0.25, 0.3) is 0 Å². The van der Waals surface area contributed by atoms with Crippen LogP contribution in [0.5, 0.6) is 0 Å². The normalized spacial score (nSPS) is 5.62. The third kappa shape index (κ3) is 16.7. The molecule has 0 amide bonds. The van der Waals surface area contributed by atoms with Crippen LogP contribution in [0.15, 0.2) is 0 Å². The smallest absolute Gasteiger partial charge is 0.448 e. The maximum Gasteiger partial charge on any atom is 2.00 e. The summed E-state index contributed by atoms with van der Waals surface area (Å²) in [5.41, 5.74) is 0. The topological polar surface area (TPSA) is 55.8 Å². The van der Waals surface area contributed by atoms with Gasteiger partial charge in [-0.3, -0.25) is 4.89 Å². The number of hydrogen-bond acceptors (Lipinski definition) is 3. The van der Waals surface area contributed by atoms with Crippen molar-refractivity contribution in [1.29, 1.82) is 0 Å². The minimum absolute atomic E-state index is 0. The third-order valence-electron chi connectivity index (χ3n) is 0.155. The van der Waals surface area contributed by atoms with E-state index in [-0.39, 0.29) is 30.5 Å². The van der Waals surface area contributed by atoms with Crippen LogP contribution in [0.2, 0.25) is 0 Å². The van der Waals surface area contributed by atoms with Crippen molar-refractivity contribution in [2.45, 2.75) is 0 Å². The van der Waals surface area contributed by atoms with Gasteiger partial charge in [-0.05, 0) is 0 Å². The zero-order valence-electron chi connectivity index (χ0n) is 4.88. The van der Waals surface area contributed by atoms with Crippen molar-refractivity contribution in [3.63, 3.8) is 0 Å². The molecule has 8 heavy (non-hydrogen) atoms. The number of carboxylic acid groups (broad SMARTS) is 1. The number of carbonyl (C=O) groups is 1. The second-order valence-corrected chi connectivity index (χ2v) is 0.516. The van der Waals surface area contributed by atoms with E-state index in [0.29, 0.717) is 0 Å². The van der Waals surface area contributed by atoms with Crippen molar-refractivity contribution in [3.05, 3.63) is 7.43 Å². The first-order valence-electron chi connectivity index (χ1n) is 1.21. The largest absolute Gasteiger partial charge is 2.00 e. The fraction of sp³-hybridized carbons (Fsp3) is 0.333. The summed E-state index contributed by atoms with van der Waals surface area (Å²) < 4.78 is 0. The van der Waals surface area contributed by atoms with E-state index in [2.05, 4.69) is 9.78 Å². The molecular weight excluding hydrogens is 124 g/mol. The molecule has 0 aliphatic rings. The summed E-state index contributed by atoms with van der Waals surface area (Å²) in [6.07, 6.45) is -1.43. The SMILES string of the molecule is COOC(=O)O.[CH3-].[Mg+2].